The molecule has 3 fully saturated rings. The highest BCUT2D eigenvalue weighted by Gasteiger charge is 2.78. The number of hydrogen-bond acceptors (Lipinski definition) is 14. The normalized spacial score (nSPS) is 33.1. The summed E-state index contributed by atoms with van der Waals surface area (Å²) < 4.78 is 29.5. The van der Waals surface area contributed by atoms with E-state index in [2.05, 4.69) is 5.32 Å². The minimum atomic E-state index is -2.36. The Morgan fingerprint density at radius 2 is 1.58 bits per heavy atom. The van der Waals surface area contributed by atoms with E-state index in [-0.39, 0.29) is 29.7 Å². The number of ketones is 1. The second-order valence-corrected chi connectivity index (χ2v) is 18.0. The third kappa shape index (κ3) is 7.77. The summed E-state index contributed by atoms with van der Waals surface area (Å²) >= 11 is 0. The number of esters is 3. The Bertz CT molecular complexity index is 2060. The van der Waals surface area contributed by atoms with Crippen molar-refractivity contribution in [1.29, 1.82) is 0 Å². The zero-order valence-corrected chi connectivity index (χ0v) is 35.0. The summed E-state index contributed by atoms with van der Waals surface area (Å²) in [6.45, 7) is 11.8. The Hall–Kier alpha value is -4.93. The molecule has 0 radical (unpaired) electrons. The Balaban J connectivity index is 1.47. The van der Waals surface area contributed by atoms with Gasteiger partial charge < -0.3 is 49.4 Å². The molecule has 2 saturated carbocycles. The van der Waals surface area contributed by atoms with Gasteiger partial charge in [-0.1, -0.05) is 74.5 Å². The molecule has 6 rings (SSSR count). The number of hydrogen-bond donors (Lipinski definition) is 5. The molecule has 1 saturated heterocycles. The average Bonchev–Trinajstić information content (AvgIpc) is 3.17. The first kappa shape index (κ1) is 44.6. The minimum absolute atomic E-state index is 0.0675. The summed E-state index contributed by atoms with van der Waals surface area (Å²) in [6.07, 6.45) is -8.57. The predicted molar refractivity (Wildman–Crippen MR) is 214 cm³/mol. The number of amides is 1. The van der Waals surface area contributed by atoms with Crippen molar-refractivity contribution in [1.82, 2.24) is 5.32 Å². The fourth-order valence-electron chi connectivity index (χ4n) is 9.59. The molecule has 2 aromatic rings. The van der Waals surface area contributed by atoms with Crippen LogP contribution in [0.4, 0.5) is 4.79 Å². The van der Waals surface area contributed by atoms with Crippen LogP contribution in [0.2, 0.25) is 0 Å². The van der Waals surface area contributed by atoms with Crippen molar-refractivity contribution in [2.45, 2.75) is 128 Å². The lowest BCUT2D eigenvalue weighted by Crippen LogP contribution is -2.81. The Labute approximate surface area is 348 Å². The van der Waals surface area contributed by atoms with Crippen molar-refractivity contribution in [2.75, 3.05) is 6.61 Å². The summed E-state index contributed by atoms with van der Waals surface area (Å²) in [5.41, 5.74) is -7.82. The van der Waals surface area contributed by atoms with Gasteiger partial charge in [0.2, 0.25) is 0 Å². The van der Waals surface area contributed by atoms with Gasteiger partial charge in [-0.25, -0.2) is 14.4 Å². The summed E-state index contributed by atoms with van der Waals surface area (Å²) in [6, 6.07) is 15.3. The van der Waals surface area contributed by atoms with Gasteiger partial charge in [-0.2, -0.15) is 0 Å². The summed E-state index contributed by atoms with van der Waals surface area (Å²) in [5.74, 6) is -5.39. The average molecular weight is 834 g/mol. The molecule has 1 aliphatic heterocycles. The summed E-state index contributed by atoms with van der Waals surface area (Å²) in [7, 11) is 0. The minimum Gasteiger partial charge on any atom is -0.456 e. The highest BCUT2D eigenvalue weighted by atomic mass is 16.6. The Kier molecular flexibility index (Phi) is 12.0. The van der Waals surface area contributed by atoms with Gasteiger partial charge in [0.25, 0.3) is 0 Å². The quantitative estimate of drug-likeness (QED) is 0.138. The zero-order chi connectivity index (χ0) is 44.2. The molecule has 2 aromatic carbocycles. The third-order valence-corrected chi connectivity index (χ3v) is 12.7. The van der Waals surface area contributed by atoms with Crippen molar-refractivity contribution >= 4 is 35.9 Å². The lowest BCUT2D eigenvalue weighted by atomic mass is 9.44. The van der Waals surface area contributed by atoms with E-state index in [1.807, 2.05) is 0 Å². The number of alkyl carbamates (subject to hydrolysis) is 1. The number of aliphatic hydroxyl groups is 4. The monoisotopic (exact) mass is 833 g/mol. The van der Waals surface area contributed by atoms with Crippen molar-refractivity contribution < 1.29 is 68.1 Å². The van der Waals surface area contributed by atoms with Crippen LogP contribution in [0.25, 0.3) is 6.08 Å². The van der Waals surface area contributed by atoms with E-state index in [0.29, 0.717) is 5.56 Å². The van der Waals surface area contributed by atoms with E-state index in [1.165, 1.54) is 32.1 Å². The van der Waals surface area contributed by atoms with Crippen molar-refractivity contribution in [2.24, 2.45) is 16.7 Å². The van der Waals surface area contributed by atoms with Gasteiger partial charge >= 0.3 is 24.0 Å². The molecule has 3 aliphatic carbocycles. The van der Waals surface area contributed by atoms with Gasteiger partial charge in [0, 0.05) is 25.2 Å². The van der Waals surface area contributed by atoms with Gasteiger partial charge in [0.05, 0.1) is 35.6 Å². The molecule has 60 heavy (non-hydrogen) atoms. The lowest BCUT2D eigenvalue weighted by molar-refractivity contribution is -0.346. The highest BCUT2D eigenvalue weighted by Crippen LogP contribution is 2.64. The van der Waals surface area contributed by atoms with E-state index >= 15 is 0 Å². The van der Waals surface area contributed by atoms with Crippen LogP contribution in [0.3, 0.4) is 0 Å². The first-order valence-electron chi connectivity index (χ1n) is 20.0. The number of nitrogens with one attached hydrogen (secondary N) is 1. The molecule has 0 aromatic heterocycles. The van der Waals surface area contributed by atoms with E-state index in [4.69, 9.17) is 23.7 Å². The first-order chi connectivity index (χ1) is 28.0. The maximum atomic E-state index is 15.0. The number of aliphatic hydroxyl groups excluding tert-OH is 3. The van der Waals surface area contributed by atoms with Gasteiger partial charge in [-0.15, -0.1) is 0 Å². The van der Waals surface area contributed by atoms with Crippen LogP contribution in [0.5, 0.6) is 0 Å². The number of Topliss-reactive ketones (excluding diaryl/α,β-unsaturated/α-hetero) is 1. The molecular formula is C45H55NO14. The summed E-state index contributed by atoms with van der Waals surface area (Å²) in [5, 5.41) is 51.6. The van der Waals surface area contributed by atoms with Crippen LogP contribution < -0.4 is 5.32 Å². The number of fused-ring (bicyclic) bond motifs is 5. The van der Waals surface area contributed by atoms with E-state index in [1.54, 1.807) is 89.2 Å². The second-order valence-electron chi connectivity index (χ2n) is 18.0. The molecule has 1 heterocycles. The maximum Gasteiger partial charge on any atom is 0.408 e. The van der Waals surface area contributed by atoms with Crippen molar-refractivity contribution in [3.05, 3.63) is 89.0 Å². The molecular weight excluding hydrogens is 778 g/mol. The van der Waals surface area contributed by atoms with E-state index in [9.17, 15) is 44.4 Å². The molecule has 2 bridgehead atoms. The van der Waals surface area contributed by atoms with Crippen molar-refractivity contribution in [3.8, 4) is 0 Å². The van der Waals surface area contributed by atoms with Crippen molar-refractivity contribution in [3.63, 3.8) is 0 Å². The van der Waals surface area contributed by atoms with Crippen LogP contribution >= 0.6 is 0 Å². The van der Waals surface area contributed by atoms with Crippen LogP contribution in [0.15, 0.2) is 77.9 Å². The van der Waals surface area contributed by atoms with E-state index < -0.39 is 112 Å². The number of carbonyl (C=O) groups is 5. The van der Waals surface area contributed by atoms with E-state index in [0.717, 1.165) is 6.92 Å². The van der Waals surface area contributed by atoms with Crippen LogP contribution in [-0.4, -0.2) is 116 Å². The van der Waals surface area contributed by atoms with Crippen LogP contribution in [-0.2, 0) is 38.1 Å². The molecule has 15 nitrogen and oxygen atoms in total. The fourth-order valence-corrected chi connectivity index (χ4v) is 9.59. The number of benzene rings is 2. The smallest absolute Gasteiger partial charge is 0.408 e. The molecule has 5 N–H and O–H groups in total. The number of carbonyl (C=O) groups excluding carboxylic acids is 5. The first-order valence-corrected chi connectivity index (χ1v) is 20.0. The van der Waals surface area contributed by atoms with Gasteiger partial charge in [0.15, 0.2) is 17.5 Å². The topological polar surface area (TPSA) is 224 Å². The van der Waals surface area contributed by atoms with Crippen LogP contribution in [0, 0.1) is 16.7 Å². The molecule has 15 heteroatoms. The highest BCUT2D eigenvalue weighted by molar-refractivity contribution is 5.94. The lowest BCUT2D eigenvalue weighted by Gasteiger charge is -2.67. The number of rotatable bonds is 9. The third-order valence-electron chi connectivity index (χ3n) is 12.7. The number of ether oxygens (including phenoxy) is 5. The fraction of sp³-hybridized carbons (Fsp3) is 0.533. The SMILES string of the molecule is CC(=O)O[C@@]12CO[C@@H]1C[C@H](O)[C@@]1(C)C(=O)[C@H](O)C3=C(C)[C@@H](OC(=O)[C@H](O)[C@H](/C=C/c4ccccc4)NC(=O)OC(C)(C)C)C[C@@](O)([C@@H](OC(=O)c4ccccc4)[C@H]21)C3(C)C. The standard InChI is InChI=1S/C45H55NO14/c1-24-29(57-39(53)33(49)28(46-40(54)60-41(3,4)5)20-19-26-15-11-9-12-16-26)22-45(55)37(58-38(52)27-17-13-10-14-18-27)35-43(8,36(51)34(50)32(24)42(45,6)7)30(48)21-31-44(35,23-56-31)59-25(2)47/h9-20,28-31,33-35,37,48-50,55H,21-23H2,1-8H3,(H,46,54)/b20-19+/t28-,29-,30-,31+,33+,34+,35-,37-,43+,44-,45+/m0/s1. The van der Waals surface area contributed by atoms with Crippen LogP contribution in [0.1, 0.15) is 84.2 Å². The Morgan fingerprint density at radius 3 is 2.15 bits per heavy atom. The predicted octanol–water partition coefficient (Wildman–Crippen LogP) is 3.60. The largest absolute Gasteiger partial charge is 0.456 e. The van der Waals surface area contributed by atoms with Gasteiger partial charge in [-0.3, -0.25) is 9.59 Å². The summed E-state index contributed by atoms with van der Waals surface area (Å²) in [4.78, 5) is 69.0. The molecule has 11 atom stereocenters. The van der Waals surface area contributed by atoms with Gasteiger partial charge in [0.1, 0.15) is 35.6 Å². The molecule has 4 aliphatic rings. The zero-order valence-electron chi connectivity index (χ0n) is 35.0. The molecule has 1 amide bonds. The Morgan fingerprint density at radius 1 is 0.967 bits per heavy atom. The molecule has 0 spiro atoms. The van der Waals surface area contributed by atoms with Gasteiger partial charge in [-0.05, 0) is 63.5 Å². The second kappa shape index (κ2) is 16.2. The molecule has 0 unspecified atom stereocenters. The molecule has 324 valence electrons. The maximum absolute atomic E-state index is 15.0.